The Hall–Kier alpha value is -1.98. The Labute approximate surface area is 87.2 Å². The van der Waals surface area contributed by atoms with Gasteiger partial charge in [0.05, 0.1) is 11.1 Å². The number of H-pyrrole nitrogens is 1. The summed E-state index contributed by atoms with van der Waals surface area (Å²) >= 11 is 0. The zero-order valence-corrected chi connectivity index (χ0v) is 7.80. The van der Waals surface area contributed by atoms with E-state index in [9.17, 15) is 23.1 Å². The van der Waals surface area contributed by atoms with Gasteiger partial charge in [0.15, 0.2) is 0 Å². The number of rotatable bonds is 0. The smallest absolute Gasteiger partial charge is 0.417 e. The molecule has 0 saturated heterocycles. The molecular weight excluding hydrogens is 223 g/mol. The molecule has 16 heavy (non-hydrogen) atoms. The monoisotopic (exact) mass is 229 g/mol. The first kappa shape index (κ1) is 10.5. The van der Waals surface area contributed by atoms with Gasteiger partial charge in [-0.3, -0.25) is 4.79 Å². The summed E-state index contributed by atoms with van der Waals surface area (Å²) < 4.78 is 37.8. The summed E-state index contributed by atoms with van der Waals surface area (Å²) in [5, 5.41) is 9.12. The van der Waals surface area contributed by atoms with Crippen molar-refractivity contribution in [3.05, 3.63) is 40.2 Å². The SMILES string of the molecule is O=c1cc(C(F)(F)F)c2cccc(O)c2[nH]1. The van der Waals surface area contributed by atoms with Crippen LogP contribution in [0.5, 0.6) is 5.75 Å². The van der Waals surface area contributed by atoms with E-state index in [1.807, 2.05) is 0 Å². The van der Waals surface area contributed by atoms with Crippen molar-refractivity contribution in [2.45, 2.75) is 6.18 Å². The minimum atomic E-state index is -4.62. The maximum absolute atomic E-state index is 12.6. The highest BCUT2D eigenvalue weighted by Crippen LogP contribution is 2.35. The standard InChI is InChI=1S/C10H6F3NO2/c11-10(12,13)6-4-8(16)14-9-5(6)2-1-3-7(9)15/h1-4,15H,(H,14,16). The lowest BCUT2D eigenvalue weighted by atomic mass is 10.1. The first-order valence-electron chi connectivity index (χ1n) is 4.32. The number of halogens is 3. The van der Waals surface area contributed by atoms with E-state index in [1.165, 1.54) is 18.2 Å². The van der Waals surface area contributed by atoms with Crippen molar-refractivity contribution in [2.24, 2.45) is 0 Å². The zero-order valence-electron chi connectivity index (χ0n) is 7.80. The molecule has 0 spiro atoms. The van der Waals surface area contributed by atoms with Crippen molar-refractivity contribution >= 4 is 10.9 Å². The van der Waals surface area contributed by atoms with Crippen LogP contribution < -0.4 is 5.56 Å². The minimum absolute atomic E-state index is 0.206. The number of hydrogen-bond acceptors (Lipinski definition) is 2. The molecule has 0 atom stereocenters. The molecule has 0 saturated carbocycles. The maximum atomic E-state index is 12.6. The van der Waals surface area contributed by atoms with Crippen molar-refractivity contribution in [2.75, 3.05) is 0 Å². The van der Waals surface area contributed by atoms with Gasteiger partial charge in [0, 0.05) is 11.5 Å². The van der Waals surface area contributed by atoms with E-state index in [2.05, 4.69) is 4.98 Å². The molecule has 0 unspecified atom stereocenters. The molecule has 6 heteroatoms. The summed E-state index contributed by atoms with van der Waals surface area (Å²) in [6, 6.07) is 4.15. The summed E-state index contributed by atoms with van der Waals surface area (Å²) in [5.41, 5.74) is -2.16. The molecular formula is C10H6F3NO2. The van der Waals surface area contributed by atoms with Gasteiger partial charge < -0.3 is 10.1 Å². The van der Waals surface area contributed by atoms with Crippen LogP contribution in [-0.4, -0.2) is 10.1 Å². The first-order chi connectivity index (χ1) is 7.39. The van der Waals surface area contributed by atoms with E-state index in [1.54, 1.807) is 0 Å². The lowest BCUT2D eigenvalue weighted by Gasteiger charge is -2.10. The Balaban J connectivity index is 2.95. The molecule has 0 bridgehead atoms. The fourth-order valence-corrected chi connectivity index (χ4v) is 1.50. The van der Waals surface area contributed by atoms with E-state index < -0.39 is 17.3 Å². The van der Waals surface area contributed by atoms with Crippen LogP contribution >= 0.6 is 0 Å². The third kappa shape index (κ3) is 1.62. The molecule has 1 aromatic carbocycles. The van der Waals surface area contributed by atoms with Gasteiger partial charge in [-0.2, -0.15) is 13.2 Å². The Morgan fingerprint density at radius 3 is 2.56 bits per heavy atom. The summed E-state index contributed by atoms with van der Waals surface area (Å²) in [5.74, 6) is -0.388. The van der Waals surface area contributed by atoms with Gasteiger partial charge in [-0.05, 0) is 6.07 Å². The van der Waals surface area contributed by atoms with Gasteiger partial charge in [0.2, 0.25) is 5.56 Å². The quantitative estimate of drug-likeness (QED) is 0.727. The summed E-state index contributed by atoms with van der Waals surface area (Å²) in [4.78, 5) is 13.2. The molecule has 84 valence electrons. The van der Waals surface area contributed by atoms with E-state index in [0.717, 1.165) is 0 Å². The number of fused-ring (bicyclic) bond motifs is 1. The van der Waals surface area contributed by atoms with Crippen LogP contribution in [0, 0.1) is 0 Å². The average Bonchev–Trinajstić information content (AvgIpc) is 2.17. The molecule has 2 aromatic rings. The number of nitrogens with one attached hydrogen (secondary N) is 1. The normalized spacial score (nSPS) is 11.9. The molecule has 0 fully saturated rings. The average molecular weight is 229 g/mol. The number of phenols is 1. The second kappa shape index (κ2) is 3.26. The van der Waals surface area contributed by atoms with Crippen molar-refractivity contribution in [1.29, 1.82) is 0 Å². The number of pyridine rings is 1. The summed E-state index contributed by atoms with van der Waals surface area (Å²) in [6.45, 7) is 0. The lowest BCUT2D eigenvalue weighted by molar-refractivity contribution is -0.136. The minimum Gasteiger partial charge on any atom is -0.506 e. The van der Waals surface area contributed by atoms with Gasteiger partial charge in [0.25, 0.3) is 0 Å². The van der Waals surface area contributed by atoms with E-state index >= 15 is 0 Å². The number of aromatic amines is 1. The number of aromatic nitrogens is 1. The number of hydrogen-bond donors (Lipinski definition) is 2. The van der Waals surface area contributed by atoms with E-state index in [4.69, 9.17) is 0 Å². The number of para-hydroxylation sites is 1. The van der Waals surface area contributed by atoms with Crippen molar-refractivity contribution in [3.63, 3.8) is 0 Å². The first-order valence-corrected chi connectivity index (χ1v) is 4.32. The van der Waals surface area contributed by atoms with Gasteiger partial charge in [-0.1, -0.05) is 12.1 Å². The molecule has 2 N–H and O–H groups in total. The molecule has 3 nitrogen and oxygen atoms in total. The Kier molecular flexibility index (Phi) is 2.15. The highest BCUT2D eigenvalue weighted by molar-refractivity contribution is 5.87. The fraction of sp³-hybridized carbons (Fsp3) is 0.100. The molecule has 0 amide bonds. The van der Waals surface area contributed by atoms with Crippen molar-refractivity contribution in [1.82, 2.24) is 4.98 Å². The molecule has 2 rings (SSSR count). The van der Waals surface area contributed by atoms with Crippen LogP contribution in [0.25, 0.3) is 10.9 Å². The number of benzene rings is 1. The van der Waals surface area contributed by atoms with Crippen LogP contribution in [0.2, 0.25) is 0 Å². The third-order valence-electron chi connectivity index (χ3n) is 2.16. The fourth-order valence-electron chi connectivity index (χ4n) is 1.50. The van der Waals surface area contributed by atoms with Crippen LogP contribution in [-0.2, 0) is 6.18 Å². The second-order valence-electron chi connectivity index (χ2n) is 3.24. The Morgan fingerprint density at radius 1 is 1.25 bits per heavy atom. The number of phenolic OH excluding ortho intramolecular Hbond substituents is 1. The van der Waals surface area contributed by atoms with Gasteiger partial charge in [0.1, 0.15) is 5.75 Å². The van der Waals surface area contributed by atoms with Crippen molar-refractivity contribution < 1.29 is 18.3 Å². The van der Waals surface area contributed by atoms with Crippen molar-refractivity contribution in [3.8, 4) is 5.75 Å². The molecule has 0 aliphatic heterocycles. The molecule has 1 aromatic heterocycles. The maximum Gasteiger partial charge on any atom is 0.417 e. The third-order valence-corrected chi connectivity index (χ3v) is 2.16. The molecule has 0 radical (unpaired) electrons. The highest BCUT2D eigenvalue weighted by atomic mass is 19.4. The Bertz CT molecular complexity index is 601. The zero-order chi connectivity index (χ0) is 11.9. The number of aromatic hydroxyl groups is 1. The summed E-state index contributed by atoms with van der Waals surface area (Å²) in [7, 11) is 0. The molecule has 0 aliphatic carbocycles. The lowest BCUT2D eigenvalue weighted by Crippen LogP contribution is -2.13. The largest absolute Gasteiger partial charge is 0.506 e. The Morgan fingerprint density at radius 2 is 1.94 bits per heavy atom. The van der Waals surface area contributed by atoms with E-state index in [0.29, 0.717) is 6.07 Å². The predicted octanol–water partition coefficient (Wildman–Crippen LogP) is 2.25. The number of alkyl halides is 3. The topological polar surface area (TPSA) is 53.1 Å². The highest BCUT2D eigenvalue weighted by Gasteiger charge is 2.33. The molecule has 0 aliphatic rings. The van der Waals surface area contributed by atoms with Crippen LogP contribution in [0.3, 0.4) is 0 Å². The second-order valence-corrected chi connectivity index (χ2v) is 3.24. The summed E-state index contributed by atoms with van der Waals surface area (Å²) in [6.07, 6.45) is -4.62. The van der Waals surface area contributed by atoms with E-state index in [-0.39, 0.29) is 16.7 Å². The van der Waals surface area contributed by atoms with Gasteiger partial charge in [-0.25, -0.2) is 0 Å². The van der Waals surface area contributed by atoms with Gasteiger partial charge in [-0.15, -0.1) is 0 Å². The van der Waals surface area contributed by atoms with Gasteiger partial charge >= 0.3 is 6.18 Å². The molecule has 1 heterocycles. The van der Waals surface area contributed by atoms with Crippen LogP contribution in [0.4, 0.5) is 13.2 Å². The van der Waals surface area contributed by atoms with Crippen LogP contribution in [0.15, 0.2) is 29.1 Å². The van der Waals surface area contributed by atoms with Crippen LogP contribution in [0.1, 0.15) is 5.56 Å². The predicted molar refractivity (Wildman–Crippen MR) is 51.2 cm³/mol.